The third-order valence-electron chi connectivity index (χ3n) is 3.59. The van der Waals surface area contributed by atoms with Crippen molar-refractivity contribution in [2.75, 3.05) is 46.9 Å². The summed E-state index contributed by atoms with van der Waals surface area (Å²) in [6.45, 7) is 5.27. The molecular formula is C15H21N3O2. The first-order valence-corrected chi connectivity index (χ1v) is 6.86. The molecule has 0 spiro atoms. The van der Waals surface area contributed by atoms with Gasteiger partial charge in [0.1, 0.15) is 6.07 Å². The van der Waals surface area contributed by atoms with Gasteiger partial charge in [-0.25, -0.2) is 0 Å². The molecule has 1 heterocycles. The molecule has 0 bridgehead atoms. The molecule has 2 rings (SSSR count). The summed E-state index contributed by atoms with van der Waals surface area (Å²) in [4.78, 5) is 2.43. The predicted molar refractivity (Wildman–Crippen MR) is 77.3 cm³/mol. The summed E-state index contributed by atoms with van der Waals surface area (Å²) >= 11 is 0. The van der Waals surface area contributed by atoms with Gasteiger partial charge in [-0.15, -0.1) is 0 Å². The van der Waals surface area contributed by atoms with E-state index in [0.29, 0.717) is 17.1 Å². The molecule has 1 fully saturated rings. The normalized spacial score (nSPS) is 15.7. The number of rotatable bonds is 5. The molecule has 0 saturated carbocycles. The Kier molecular flexibility index (Phi) is 5.22. The Morgan fingerprint density at radius 2 is 2.00 bits per heavy atom. The van der Waals surface area contributed by atoms with Crippen LogP contribution in [0.4, 0.5) is 0 Å². The van der Waals surface area contributed by atoms with Crippen LogP contribution in [0.1, 0.15) is 11.1 Å². The molecule has 0 aliphatic carbocycles. The number of nitrogens with zero attached hydrogens (tertiary/aromatic N) is 2. The highest BCUT2D eigenvalue weighted by molar-refractivity contribution is 5.54. The Hall–Kier alpha value is -1.77. The van der Waals surface area contributed by atoms with Crippen molar-refractivity contribution in [2.45, 2.75) is 6.42 Å². The monoisotopic (exact) mass is 275 g/mol. The second-order valence-electron chi connectivity index (χ2n) is 4.83. The van der Waals surface area contributed by atoms with Gasteiger partial charge in [-0.2, -0.15) is 5.26 Å². The van der Waals surface area contributed by atoms with Crippen LogP contribution in [0, 0.1) is 11.3 Å². The average Bonchev–Trinajstić information content (AvgIpc) is 2.52. The Morgan fingerprint density at radius 1 is 1.25 bits per heavy atom. The Bertz CT molecular complexity index is 491. The van der Waals surface area contributed by atoms with E-state index in [9.17, 15) is 5.26 Å². The largest absolute Gasteiger partial charge is 0.493 e. The zero-order chi connectivity index (χ0) is 14.4. The molecule has 0 atom stereocenters. The molecule has 5 heteroatoms. The maximum absolute atomic E-state index is 9.21. The average molecular weight is 275 g/mol. The second-order valence-corrected chi connectivity index (χ2v) is 4.83. The summed E-state index contributed by atoms with van der Waals surface area (Å²) in [6.07, 6.45) is 0.912. The SMILES string of the molecule is COc1cc(CCN2CCNCC2)cc(C#N)c1OC. The van der Waals surface area contributed by atoms with Crippen LogP contribution in [0.2, 0.25) is 0 Å². The number of benzene rings is 1. The number of hydrogen-bond donors (Lipinski definition) is 1. The fourth-order valence-corrected chi connectivity index (χ4v) is 2.47. The molecule has 1 saturated heterocycles. The highest BCUT2D eigenvalue weighted by Gasteiger charge is 2.14. The van der Waals surface area contributed by atoms with Gasteiger partial charge in [0.15, 0.2) is 11.5 Å². The Morgan fingerprint density at radius 3 is 2.60 bits per heavy atom. The standard InChI is InChI=1S/C15H21N3O2/c1-19-14-10-12(9-13(11-16)15(14)20-2)3-6-18-7-4-17-5-8-18/h9-10,17H,3-8H2,1-2H3. The van der Waals surface area contributed by atoms with Crippen molar-refractivity contribution in [3.63, 3.8) is 0 Å². The van der Waals surface area contributed by atoms with E-state index in [1.807, 2.05) is 12.1 Å². The number of methoxy groups -OCH3 is 2. The molecule has 0 unspecified atom stereocenters. The van der Waals surface area contributed by atoms with Crippen molar-refractivity contribution in [1.29, 1.82) is 5.26 Å². The third kappa shape index (κ3) is 3.41. The molecular weight excluding hydrogens is 254 g/mol. The van der Waals surface area contributed by atoms with Gasteiger partial charge in [0.05, 0.1) is 19.8 Å². The summed E-state index contributed by atoms with van der Waals surface area (Å²) in [6, 6.07) is 6.02. The van der Waals surface area contributed by atoms with Gasteiger partial charge >= 0.3 is 0 Å². The van der Waals surface area contributed by atoms with Crippen molar-refractivity contribution in [3.8, 4) is 17.6 Å². The van der Waals surface area contributed by atoms with Gasteiger partial charge in [0.25, 0.3) is 0 Å². The van der Waals surface area contributed by atoms with E-state index in [0.717, 1.165) is 44.7 Å². The summed E-state index contributed by atoms with van der Waals surface area (Å²) in [5.74, 6) is 1.14. The molecule has 1 aromatic carbocycles. The highest BCUT2D eigenvalue weighted by atomic mass is 16.5. The van der Waals surface area contributed by atoms with Crippen molar-refractivity contribution in [3.05, 3.63) is 23.3 Å². The molecule has 5 nitrogen and oxygen atoms in total. The van der Waals surface area contributed by atoms with E-state index < -0.39 is 0 Å². The van der Waals surface area contributed by atoms with Gasteiger partial charge in [-0.1, -0.05) is 0 Å². The number of nitrogens with one attached hydrogen (secondary N) is 1. The van der Waals surface area contributed by atoms with E-state index in [1.54, 1.807) is 14.2 Å². The number of hydrogen-bond acceptors (Lipinski definition) is 5. The van der Waals surface area contributed by atoms with Gasteiger partial charge in [-0.3, -0.25) is 0 Å². The van der Waals surface area contributed by atoms with Crippen LogP contribution in [0.3, 0.4) is 0 Å². The molecule has 0 aromatic heterocycles. The van der Waals surface area contributed by atoms with E-state index >= 15 is 0 Å². The van der Waals surface area contributed by atoms with Crippen molar-refractivity contribution in [1.82, 2.24) is 10.2 Å². The molecule has 108 valence electrons. The van der Waals surface area contributed by atoms with E-state index in [1.165, 1.54) is 0 Å². The van der Waals surface area contributed by atoms with E-state index in [4.69, 9.17) is 9.47 Å². The first-order valence-electron chi connectivity index (χ1n) is 6.86. The maximum Gasteiger partial charge on any atom is 0.178 e. The minimum atomic E-state index is 0.515. The van der Waals surface area contributed by atoms with Crippen LogP contribution >= 0.6 is 0 Å². The minimum Gasteiger partial charge on any atom is -0.493 e. The molecule has 1 aliphatic rings. The number of ether oxygens (including phenoxy) is 2. The lowest BCUT2D eigenvalue weighted by Crippen LogP contribution is -2.44. The van der Waals surface area contributed by atoms with Crippen LogP contribution in [-0.4, -0.2) is 51.8 Å². The molecule has 1 aromatic rings. The number of piperazine rings is 1. The molecule has 1 aliphatic heterocycles. The maximum atomic E-state index is 9.21. The van der Waals surface area contributed by atoms with Crippen molar-refractivity contribution >= 4 is 0 Å². The Labute approximate surface area is 120 Å². The van der Waals surface area contributed by atoms with Crippen LogP contribution in [-0.2, 0) is 6.42 Å². The van der Waals surface area contributed by atoms with E-state index in [2.05, 4.69) is 16.3 Å². The quantitative estimate of drug-likeness (QED) is 0.869. The minimum absolute atomic E-state index is 0.515. The van der Waals surface area contributed by atoms with Gasteiger partial charge in [0, 0.05) is 32.7 Å². The lowest BCUT2D eigenvalue weighted by molar-refractivity contribution is 0.244. The zero-order valence-electron chi connectivity index (χ0n) is 12.1. The summed E-state index contributed by atoms with van der Waals surface area (Å²) in [5.41, 5.74) is 1.64. The third-order valence-corrected chi connectivity index (χ3v) is 3.59. The topological polar surface area (TPSA) is 57.5 Å². The lowest BCUT2D eigenvalue weighted by Gasteiger charge is -2.27. The molecule has 0 radical (unpaired) electrons. The molecule has 1 N–H and O–H groups in total. The predicted octanol–water partition coefficient (Wildman–Crippen LogP) is 1.02. The first-order chi connectivity index (χ1) is 9.78. The van der Waals surface area contributed by atoms with Crippen LogP contribution < -0.4 is 14.8 Å². The zero-order valence-corrected chi connectivity index (χ0v) is 12.1. The fourth-order valence-electron chi connectivity index (χ4n) is 2.47. The van der Waals surface area contributed by atoms with Crippen LogP contribution in [0.25, 0.3) is 0 Å². The molecule has 0 amide bonds. The van der Waals surface area contributed by atoms with Gasteiger partial charge < -0.3 is 19.7 Å². The van der Waals surface area contributed by atoms with E-state index in [-0.39, 0.29) is 0 Å². The summed E-state index contributed by atoms with van der Waals surface area (Å²) < 4.78 is 10.6. The Balaban J connectivity index is 2.09. The summed E-state index contributed by atoms with van der Waals surface area (Å²) in [7, 11) is 3.15. The van der Waals surface area contributed by atoms with Crippen molar-refractivity contribution in [2.24, 2.45) is 0 Å². The summed E-state index contributed by atoms with van der Waals surface area (Å²) in [5, 5.41) is 12.5. The van der Waals surface area contributed by atoms with Crippen LogP contribution in [0.5, 0.6) is 11.5 Å². The number of nitriles is 1. The fraction of sp³-hybridized carbons (Fsp3) is 0.533. The van der Waals surface area contributed by atoms with Crippen molar-refractivity contribution < 1.29 is 9.47 Å². The first kappa shape index (κ1) is 14.6. The second kappa shape index (κ2) is 7.13. The van der Waals surface area contributed by atoms with Gasteiger partial charge in [-0.05, 0) is 24.1 Å². The smallest absolute Gasteiger partial charge is 0.178 e. The van der Waals surface area contributed by atoms with Crippen LogP contribution in [0.15, 0.2) is 12.1 Å². The lowest BCUT2D eigenvalue weighted by atomic mass is 10.1. The van der Waals surface area contributed by atoms with Gasteiger partial charge in [0.2, 0.25) is 0 Å². The molecule has 20 heavy (non-hydrogen) atoms. The highest BCUT2D eigenvalue weighted by Crippen LogP contribution is 2.32.